The molecule has 0 heterocycles. The van der Waals surface area contributed by atoms with Gasteiger partial charge in [0.2, 0.25) is 5.91 Å². The molecule has 0 saturated carbocycles. The molecule has 0 bridgehead atoms. The number of carbonyl (C=O) groups is 2. The summed E-state index contributed by atoms with van der Waals surface area (Å²) in [6.45, 7) is 2.22. The summed E-state index contributed by atoms with van der Waals surface area (Å²) < 4.78 is 10.6. The number of hydrogen-bond acceptors (Lipinski definition) is 4. The van der Waals surface area contributed by atoms with Crippen LogP contribution in [0.5, 0.6) is 5.75 Å². The molecule has 0 radical (unpaired) electrons. The van der Waals surface area contributed by atoms with E-state index in [9.17, 15) is 9.59 Å². The molecule has 0 aromatic heterocycles. The Balaban J connectivity index is 1.75. The maximum atomic E-state index is 12.0. The second-order valence-corrected chi connectivity index (χ2v) is 5.50. The maximum Gasteiger partial charge on any atom is 0.341 e. The Labute approximate surface area is 146 Å². The van der Waals surface area contributed by atoms with Gasteiger partial charge < -0.3 is 19.9 Å². The first-order valence-electron chi connectivity index (χ1n) is 7.91. The van der Waals surface area contributed by atoms with E-state index in [0.717, 1.165) is 11.1 Å². The Morgan fingerprint density at radius 1 is 1.12 bits per heavy atom. The number of carbonyl (C=O) groups excluding carboxylic acids is 1. The van der Waals surface area contributed by atoms with Crippen molar-refractivity contribution in [2.24, 2.45) is 0 Å². The standard InChI is InChI=1S/C19H21NO5/c1-14-11-16(25-13-19(22)23)7-8-17(14)20-18(21)9-10-24-12-15-5-3-2-4-6-15/h2-8,11H,9-10,12-13H2,1H3,(H,20,21)(H,22,23). The van der Waals surface area contributed by atoms with E-state index in [1.165, 1.54) is 0 Å². The second kappa shape index (κ2) is 9.44. The predicted molar refractivity (Wildman–Crippen MR) is 93.7 cm³/mol. The van der Waals surface area contributed by atoms with E-state index in [4.69, 9.17) is 14.6 Å². The van der Waals surface area contributed by atoms with Gasteiger partial charge in [0.25, 0.3) is 0 Å². The number of benzene rings is 2. The molecular weight excluding hydrogens is 322 g/mol. The van der Waals surface area contributed by atoms with E-state index in [0.29, 0.717) is 24.7 Å². The van der Waals surface area contributed by atoms with Crippen molar-refractivity contribution in [2.75, 3.05) is 18.5 Å². The van der Waals surface area contributed by atoms with Gasteiger partial charge in [-0.3, -0.25) is 4.79 Å². The lowest BCUT2D eigenvalue weighted by molar-refractivity contribution is -0.139. The van der Waals surface area contributed by atoms with Crippen LogP contribution in [0.4, 0.5) is 5.69 Å². The maximum absolute atomic E-state index is 12.0. The Bertz CT molecular complexity index is 715. The first-order chi connectivity index (χ1) is 12.0. The second-order valence-electron chi connectivity index (χ2n) is 5.50. The van der Waals surface area contributed by atoms with Crippen molar-refractivity contribution in [3.05, 3.63) is 59.7 Å². The lowest BCUT2D eigenvalue weighted by atomic mass is 10.2. The van der Waals surface area contributed by atoms with Crippen LogP contribution in [0.2, 0.25) is 0 Å². The third-order valence-electron chi connectivity index (χ3n) is 3.42. The lowest BCUT2D eigenvalue weighted by Crippen LogP contribution is -2.15. The number of hydrogen-bond donors (Lipinski definition) is 2. The molecule has 0 aliphatic carbocycles. The molecule has 0 aliphatic rings. The number of nitrogens with one attached hydrogen (secondary N) is 1. The molecule has 2 aromatic carbocycles. The van der Waals surface area contributed by atoms with Crippen molar-refractivity contribution in [1.82, 2.24) is 0 Å². The minimum atomic E-state index is -1.04. The fourth-order valence-electron chi connectivity index (χ4n) is 2.15. The highest BCUT2D eigenvalue weighted by Gasteiger charge is 2.07. The molecule has 1 amide bonds. The molecule has 0 atom stereocenters. The Morgan fingerprint density at radius 2 is 1.88 bits per heavy atom. The quantitative estimate of drug-likeness (QED) is 0.684. The topological polar surface area (TPSA) is 84.9 Å². The summed E-state index contributed by atoms with van der Waals surface area (Å²) in [4.78, 5) is 22.5. The molecule has 2 aromatic rings. The van der Waals surface area contributed by atoms with Gasteiger partial charge in [0.15, 0.2) is 6.61 Å². The van der Waals surface area contributed by atoms with Crippen LogP contribution in [0.1, 0.15) is 17.5 Å². The van der Waals surface area contributed by atoms with Crippen molar-refractivity contribution >= 4 is 17.6 Å². The van der Waals surface area contributed by atoms with E-state index in [-0.39, 0.29) is 12.3 Å². The molecule has 0 fully saturated rings. The zero-order chi connectivity index (χ0) is 18.1. The first-order valence-corrected chi connectivity index (χ1v) is 7.91. The number of amides is 1. The van der Waals surface area contributed by atoms with E-state index in [1.807, 2.05) is 37.3 Å². The number of carboxylic acid groups (broad SMARTS) is 1. The van der Waals surface area contributed by atoms with Crippen molar-refractivity contribution < 1.29 is 24.2 Å². The number of aryl methyl sites for hydroxylation is 1. The van der Waals surface area contributed by atoms with Crippen LogP contribution in [0, 0.1) is 6.92 Å². The molecule has 132 valence electrons. The first kappa shape index (κ1) is 18.5. The molecule has 0 unspecified atom stereocenters. The van der Waals surface area contributed by atoms with E-state index >= 15 is 0 Å². The largest absolute Gasteiger partial charge is 0.482 e. The van der Waals surface area contributed by atoms with Crippen LogP contribution in [-0.4, -0.2) is 30.2 Å². The molecule has 6 nitrogen and oxygen atoms in total. The Morgan fingerprint density at radius 3 is 2.56 bits per heavy atom. The van der Waals surface area contributed by atoms with Crippen LogP contribution in [0.15, 0.2) is 48.5 Å². The van der Waals surface area contributed by atoms with Gasteiger partial charge in [0.1, 0.15) is 5.75 Å². The van der Waals surface area contributed by atoms with Crippen molar-refractivity contribution in [3.8, 4) is 5.75 Å². The zero-order valence-corrected chi connectivity index (χ0v) is 14.0. The van der Waals surface area contributed by atoms with Crippen LogP contribution >= 0.6 is 0 Å². The lowest BCUT2D eigenvalue weighted by Gasteiger charge is -2.11. The summed E-state index contributed by atoms with van der Waals surface area (Å²) in [6, 6.07) is 14.8. The molecule has 0 saturated heterocycles. The Kier molecular flexibility index (Phi) is 6.98. The molecule has 0 spiro atoms. The minimum absolute atomic E-state index is 0.143. The minimum Gasteiger partial charge on any atom is -0.482 e. The van der Waals surface area contributed by atoms with Gasteiger partial charge in [-0.2, -0.15) is 0 Å². The molecule has 25 heavy (non-hydrogen) atoms. The van der Waals surface area contributed by atoms with E-state index < -0.39 is 12.6 Å². The summed E-state index contributed by atoms with van der Waals surface area (Å²) in [5.41, 5.74) is 2.52. The number of anilines is 1. The fourth-order valence-corrected chi connectivity index (χ4v) is 2.15. The highest BCUT2D eigenvalue weighted by molar-refractivity contribution is 5.91. The number of ether oxygens (including phenoxy) is 2. The SMILES string of the molecule is Cc1cc(OCC(=O)O)ccc1NC(=O)CCOCc1ccccc1. The highest BCUT2D eigenvalue weighted by Crippen LogP contribution is 2.21. The van der Waals surface area contributed by atoms with E-state index in [2.05, 4.69) is 5.32 Å². The molecular formula is C19H21NO5. The van der Waals surface area contributed by atoms with Gasteiger partial charge in [0.05, 0.1) is 19.6 Å². The molecule has 2 N–H and O–H groups in total. The normalized spacial score (nSPS) is 10.3. The number of rotatable bonds is 9. The van der Waals surface area contributed by atoms with Gasteiger partial charge >= 0.3 is 5.97 Å². The van der Waals surface area contributed by atoms with Crippen LogP contribution < -0.4 is 10.1 Å². The molecule has 0 aliphatic heterocycles. The summed E-state index contributed by atoms with van der Waals surface area (Å²) in [6.07, 6.45) is 0.254. The highest BCUT2D eigenvalue weighted by atomic mass is 16.5. The monoisotopic (exact) mass is 343 g/mol. The van der Waals surface area contributed by atoms with Crippen molar-refractivity contribution in [1.29, 1.82) is 0 Å². The predicted octanol–water partition coefficient (Wildman–Crippen LogP) is 3.00. The Hall–Kier alpha value is -2.86. The summed E-state index contributed by atoms with van der Waals surface area (Å²) in [5, 5.41) is 11.4. The van der Waals surface area contributed by atoms with Gasteiger partial charge in [-0.15, -0.1) is 0 Å². The molecule has 6 heteroatoms. The number of carboxylic acids is 1. The van der Waals surface area contributed by atoms with Crippen LogP contribution in [-0.2, 0) is 20.9 Å². The smallest absolute Gasteiger partial charge is 0.341 e. The van der Waals surface area contributed by atoms with Crippen molar-refractivity contribution in [2.45, 2.75) is 20.0 Å². The van der Waals surface area contributed by atoms with Crippen LogP contribution in [0.25, 0.3) is 0 Å². The average Bonchev–Trinajstić information content (AvgIpc) is 2.60. The van der Waals surface area contributed by atoms with Gasteiger partial charge in [-0.05, 0) is 36.2 Å². The van der Waals surface area contributed by atoms with Gasteiger partial charge in [-0.1, -0.05) is 30.3 Å². The fraction of sp³-hybridized carbons (Fsp3) is 0.263. The van der Waals surface area contributed by atoms with Crippen molar-refractivity contribution in [3.63, 3.8) is 0 Å². The van der Waals surface area contributed by atoms with Gasteiger partial charge in [0, 0.05) is 5.69 Å². The average molecular weight is 343 g/mol. The summed E-state index contributed by atoms with van der Waals surface area (Å²) >= 11 is 0. The number of aliphatic carboxylic acids is 1. The third kappa shape index (κ3) is 6.64. The summed E-state index contributed by atoms with van der Waals surface area (Å²) in [5.74, 6) is -0.731. The van der Waals surface area contributed by atoms with E-state index in [1.54, 1.807) is 18.2 Å². The third-order valence-corrected chi connectivity index (χ3v) is 3.42. The van der Waals surface area contributed by atoms with Gasteiger partial charge in [-0.25, -0.2) is 4.79 Å². The zero-order valence-electron chi connectivity index (χ0n) is 14.0. The van der Waals surface area contributed by atoms with Crippen LogP contribution in [0.3, 0.4) is 0 Å². The molecule has 2 rings (SSSR count). The summed E-state index contributed by atoms with van der Waals surface area (Å²) in [7, 11) is 0.